The number of hydrogen-bond donors (Lipinski definition) is 2. The Labute approximate surface area is 163 Å². The molecule has 0 aromatic heterocycles. The topological polar surface area (TPSA) is 111 Å². The lowest BCUT2D eigenvalue weighted by atomic mass is 10.1. The monoisotopic (exact) mass is 385 g/mol. The largest absolute Gasteiger partial charge is 0.457 e. The molecule has 2 aromatic carbocycles. The molecule has 2 rings (SSSR count). The van der Waals surface area contributed by atoms with E-state index < -0.39 is 16.9 Å². The number of ether oxygens (including phenoxy) is 1. The molecule has 8 heteroatoms. The lowest BCUT2D eigenvalue weighted by molar-refractivity contribution is -0.384. The van der Waals surface area contributed by atoms with Gasteiger partial charge in [-0.3, -0.25) is 19.7 Å². The summed E-state index contributed by atoms with van der Waals surface area (Å²) in [6.07, 6.45) is 0.756. The molecule has 2 unspecified atom stereocenters. The van der Waals surface area contributed by atoms with Gasteiger partial charge in [0.25, 0.3) is 11.6 Å². The minimum Gasteiger partial charge on any atom is -0.457 e. The first kappa shape index (κ1) is 20.9. The van der Waals surface area contributed by atoms with Gasteiger partial charge in [0.05, 0.1) is 10.5 Å². The first-order valence-corrected chi connectivity index (χ1v) is 8.94. The zero-order chi connectivity index (χ0) is 20.7. The number of benzene rings is 2. The molecule has 0 spiro atoms. The van der Waals surface area contributed by atoms with Crippen LogP contribution in [0.5, 0.6) is 11.5 Å². The van der Waals surface area contributed by atoms with Gasteiger partial charge in [-0.25, -0.2) is 0 Å². The van der Waals surface area contributed by atoms with E-state index in [-0.39, 0.29) is 28.9 Å². The molecule has 2 N–H and O–H groups in total. The van der Waals surface area contributed by atoms with Crippen LogP contribution in [0.25, 0.3) is 0 Å². The number of nitro groups is 1. The van der Waals surface area contributed by atoms with Crippen LogP contribution in [0.15, 0.2) is 48.5 Å². The number of nitrogens with one attached hydrogen (secondary N) is 2. The normalized spacial score (nSPS) is 12.5. The molecule has 0 heterocycles. The van der Waals surface area contributed by atoms with Crippen LogP contribution >= 0.6 is 0 Å². The fourth-order valence-electron chi connectivity index (χ4n) is 2.32. The number of amides is 2. The van der Waals surface area contributed by atoms with Crippen molar-refractivity contribution in [2.24, 2.45) is 0 Å². The predicted molar refractivity (Wildman–Crippen MR) is 104 cm³/mol. The van der Waals surface area contributed by atoms with E-state index in [1.807, 2.05) is 19.9 Å². The van der Waals surface area contributed by atoms with E-state index in [4.69, 9.17) is 4.74 Å². The van der Waals surface area contributed by atoms with Gasteiger partial charge in [0.2, 0.25) is 5.91 Å². The van der Waals surface area contributed by atoms with Gasteiger partial charge in [0, 0.05) is 18.2 Å². The molecular weight excluding hydrogens is 362 g/mol. The van der Waals surface area contributed by atoms with Gasteiger partial charge in [-0.15, -0.1) is 0 Å². The van der Waals surface area contributed by atoms with Crippen molar-refractivity contribution >= 4 is 17.5 Å². The Bertz CT molecular complexity index is 854. The van der Waals surface area contributed by atoms with Crippen LogP contribution in [0, 0.1) is 10.1 Å². The van der Waals surface area contributed by atoms with Gasteiger partial charge in [0.1, 0.15) is 17.5 Å². The zero-order valence-corrected chi connectivity index (χ0v) is 16.0. The molecule has 8 nitrogen and oxygen atoms in total. The van der Waals surface area contributed by atoms with Crippen molar-refractivity contribution in [2.45, 2.75) is 39.3 Å². The van der Waals surface area contributed by atoms with E-state index >= 15 is 0 Å². The quantitative estimate of drug-likeness (QED) is 0.534. The number of nitro benzene ring substituents is 1. The predicted octanol–water partition coefficient (Wildman–Crippen LogP) is 3.42. The molecule has 0 saturated carbocycles. The smallest absolute Gasteiger partial charge is 0.270 e. The number of hydrogen-bond acceptors (Lipinski definition) is 5. The molecule has 2 aromatic rings. The maximum absolute atomic E-state index is 12.7. The second kappa shape index (κ2) is 9.50. The molecule has 0 aliphatic rings. The van der Waals surface area contributed by atoms with E-state index in [1.165, 1.54) is 12.1 Å². The Balaban J connectivity index is 2.25. The Hall–Kier alpha value is -3.42. The van der Waals surface area contributed by atoms with Gasteiger partial charge in [-0.2, -0.15) is 0 Å². The van der Waals surface area contributed by atoms with Crippen molar-refractivity contribution in [1.82, 2.24) is 10.6 Å². The molecule has 0 aliphatic heterocycles. The fourth-order valence-corrected chi connectivity index (χ4v) is 2.32. The first-order valence-electron chi connectivity index (χ1n) is 8.94. The number of rotatable bonds is 8. The summed E-state index contributed by atoms with van der Waals surface area (Å²) in [5, 5.41) is 16.4. The van der Waals surface area contributed by atoms with Gasteiger partial charge in [-0.05, 0) is 38.5 Å². The van der Waals surface area contributed by atoms with Crippen molar-refractivity contribution < 1.29 is 19.2 Å². The highest BCUT2D eigenvalue weighted by molar-refractivity contribution is 6.00. The summed E-state index contributed by atoms with van der Waals surface area (Å²) in [5.74, 6) is -0.336. The van der Waals surface area contributed by atoms with Gasteiger partial charge >= 0.3 is 0 Å². The van der Waals surface area contributed by atoms with Crippen LogP contribution < -0.4 is 15.4 Å². The summed E-state index contributed by atoms with van der Waals surface area (Å²) in [4.78, 5) is 35.4. The molecule has 148 valence electrons. The Morgan fingerprint density at radius 1 is 1.11 bits per heavy atom. The van der Waals surface area contributed by atoms with E-state index in [9.17, 15) is 19.7 Å². The maximum Gasteiger partial charge on any atom is 0.270 e. The molecule has 2 atom stereocenters. The highest BCUT2D eigenvalue weighted by Gasteiger charge is 2.22. The summed E-state index contributed by atoms with van der Waals surface area (Å²) in [5.41, 5.74) is -0.275. The highest BCUT2D eigenvalue weighted by Crippen LogP contribution is 2.28. The number of para-hydroxylation sites is 1. The molecule has 0 saturated heterocycles. The van der Waals surface area contributed by atoms with E-state index in [2.05, 4.69) is 10.6 Å². The average Bonchev–Trinajstić information content (AvgIpc) is 2.68. The van der Waals surface area contributed by atoms with Crippen LogP contribution in [0.2, 0.25) is 0 Å². The SMILES string of the molecule is CCC(C)NC(=O)C(C)NC(=O)c1cc([N+](=O)[O-])ccc1Oc1ccccc1. The average molecular weight is 385 g/mol. The second-order valence-corrected chi connectivity index (χ2v) is 6.37. The van der Waals surface area contributed by atoms with Crippen LogP contribution in [0.3, 0.4) is 0 Å². The van der Waals surface area contributed by atoms with Crippen LogP contribution in [0.1, 0.15) is 37.6 Å². The lowest BCUT2D eigenvalue weighted by Gasteiger charge is -2.18. The highest BCUT2D eigenvalue weighted by atomic mass is 16.6. The number of nitrogens with zero attached hydrogens (tertiary/aromatic N) is 1. The molecule has 0 aliphatic carbocycles. The lowest BCUT2D eigenvalue weighted by Crippen LogP contribution is -2.47. The van der Waals surface area contributed by atoms with Crippen molar-refractivity contribution in [1.29, 1.82) is 0 Å². The Morgan fingerprint density at radius 2 is 1.79 bits per heavy atom. The summed E-state index contributed by atoms with van der Waals surface area (Å²) in [7, 11) is 0. The van der Waals surface area contributed by atoms with E-state index in [0.717, 1.165) is 12.5 Å². The van der Waals surface area contributed by atoms with Gasteiger partial charge < -0.3 is 15.4 Å². The number of carbonyl (C=O) groups is 2. The first-order chi connectivity index (χ1) is 13.3. The summed E-state index contributed by atoms with van der Waals surface area (Å²) >= 11 is 0. The molecule has 0 bridgehead atoms. The van der Waals surface area contributed by atoms with E-state index in [1.54, 1.807) is 31.2 Å². The van der Waals surface area contributed by atoms with Crippen molar-refractivity contribution in [3.63, 3.8) is 0 Å². The number of non-ortho nitro benzene ring substituents is 1. The molecular formula is C20H23N3O5. The van der Waals surface area contributed by atoms with Crippen molar-refractivity contribution in [2.75, 3.05) is 0 Å². The molecule has 2 amide bonds. The minimum absolute atomic E-state index is 0.0263. The van der Waals surface area contributed by atoms with E-state index in [0.29, 0.717) is 5.75 Å². The summed E-state index contributed by atoms with van der Waals surface area (Å²) in [6, 6.07) is 11.7. The van der Waals surface area contributed by atoms with Crippen LogP contribution in [-0.4, -0.2) is 28.8 Å². The summed E-state index contributed by atoms with van der Waals surface area (Å²) < 4.78 is 5.71. The van der Waals surface area contributed by atoms with Crippen LogP contribution in [0.4, 0.5) is 5.69 Å². The van der Waals surface area contributed by atoms with Gasteiger partial charge in [-0.1, -0.05) is 25.1 Å². The minimum atomic E-state index is -0.815. The van der Waals surface area contributed by atoms with Gasteiger partial charge in [0.15, 0.2) is 0 Å². The van der Waals surface area contributed by atoms with Crippen molar-refractivity contribution in [3.05, 3.63) is 64.2 Å². The molecule has 0 fully saturated rings. The molecule has 0 radical (unpaired) electrons. The fraction of sp³-hybridized carbons (Fsp3) is 0.300. The number of carbonyl (C=O) groups excluding carboxylic acids is 2. The molecule has 28 heavy (non-hydrogen) atoms. The third-order valence-corrected chi connectivity index (χ3v) is 4.13. The third-order valence-electron chi connectivity index (χ3n) is 4.13. The van der Waals surface area contributed by atoms with Crippen LogP contribution in [-0.2, 0) is 4.79 Å². The Kier molecular flexibility index (Phi) is 7.08. The maximum atomic E-state index is 12.7. The zero-order valence-electron chi connectivity index (χ0n) is 16.0. The summed E-state index contributed by atoms with van der Waals surface area (Å²) in [6.45, 7) is 5.34. The van der Waals surface area contributed by atoms with Crippen molar-refractivity contribution in [3.8, 4) is 11.5 Å². The third kappa shape index (κ3) is 5.54. The second-order valence-electron chi connectivity index (χ2n) is 6.37. The standard InChI is InChI=1S/C20H23N3O5/c1-4-13(2)21-19(24)14(3)22-20(25)17-12-15(23(26)27)10-11-18(17)28-16-8-6-5-7-9-16/h5-14H,4H2,1-3H3,(H,21,24)(H,22,25). The Morgan fingerprint density at radius 3 is 2.39 bits per heavy atom.